The van der Waals surface area contributed by atoms with Crippen molar-refractivity contribution in [3.05, 3.63) is 35.9 Å². The van der Waals surface area contributed by atoms with Crippen molar-refractivity contribution in [1.82, 2.24) is 9.97 Å². The molecular formula is C12H12F2N2O. The van der Waals surface area contributed by atoms with Crippen LogP contribution in [-0.2, 0) is 0 Å². The second-order valence-electron chi connectivity index (χ2n) is 3.94. The van der Waals surface area contributed by atoms with Gasteiger partial charge in [-0.2, -0.15) is 0 Å². The monoisotopic (exact) mass is 238 g/mol. The third kappa shape index (κ3) is 2.33. The molecule has 0 radical (unpaired) electrons. The summed E-state index contributed by atoms with van der Waals surface area (Å²) in [5.74, 6) is 0.231. The molecule has 0 saturated carbocycles. The Morgan fingerprint density at radius 3 is 2.47 bits per heavy atom. The predicted octanol–water partition coefficient (Wildman–Crippen LogP) is 3.80. The summed E-state index contributed by atoms with van der Waals surface area (Å²) in [7, 11) is 0. The highest BCUT2D eigenvalue weighted by Gasteiger charge is 2.24. The van der Waals surface area contributed by atoms with Gasteiger partial charge in [0.2, 0.25) is 5.89 Å². The summed E-state index contributed by atoms with van der Waals surface area (Å²) in [6, 6.07) is 5.17. The van der Waals surface area contributed by atoms with Crippen LogP contribution >= 0.6 is 0 Å². The van der Waals surface area contributed by atoms with Crippen molar-refractivity contribution in [3.8, 4) is 11.6 Å². The summed E-state index contributed by atoms with van der Waals surface area (Å²) in [5.41, 5.74) is 0.168. The first kappa shape index (κ1) is 11.7. The van der Waals surface area contributed by atoms with Crippen molar-refractivity contribution in [2.75, 3.05) is 0 Å². The Kier molecular flexibility index (Phi) is 3.17. The van der Waals surface area contributed by atoms with Gasteiger partial charge in [0.1, 0.15) is 17.1 Å². The van der Waals surface area contributed by atoms with Gasteiger partial charge in [0.05, 0.1) is 0 Å². The van der Waals surface area contributed by atoms with Gasteiger partial charge in [-0.05, 0) is 12.1 Å². The van der Waals surface area contributed by atoms with Crippen molar-refractivity contribution in [2.24, 2.45) is 0 Å². The summed E-state index contributed by atoms with van der Waals surface area (Å²) in [6.45, 7) is 3.57. The molecule has 0 spiro atoms. The van der Waals surface area contributed by atoms with E-state index in [9.17, 15) is 8.78 Å². The molecule has 5 heteroatoms. The summed E-state index contributed by atoms with van der Waals surface area (Å²) in [5, 5.41) is 0. The molecule has 0 aliphatic carbocycles. The number of aromatic nitrogens is 2. The van der Waals surface area contributed by atoms with Crippen LogP contribution in [0.1, 0.15) is 37.6 Å². The van der Waals surface area contributed by atoms with Gasteiger partial charge in [-0.1, -0.05) is 19.9 Å². The summed E-state index contributed by atoms with van der Waals surface area (Å²) < 4.78 is 30.9. The maximum Gasteiger partial charge on any atom is 0.283 e. The third-order valence-electron chi connectivity index (χ3n) is 2.30. The Morgan fingerprint density at radius 2 is 2.00 bits per heavy atom. The quantitative estimate of drug-likeness (QED) is 0.816. The lowest BCUT2D eigenvalue weighted by atomic mass is 10.1. The highest BCUT2D eigenvalue weighted by Crippen LogP contribution is 2.31. The number of oxazole rings is 1. The molecule has 2 heterocycles. The minimum atomic E-state index is -2.63. The molecule has 0 N–H and O–H groups in total. The fraction of sp³-hybridized carbons (Fsp3) is 0.333. The first-order chi connectivity index (χ1) is 8.09. The van der Waals surface area contributed by atoms with Gasteiger partial charge in [-0.3, -0.25) is 4.98 Å². The van der Waals surface area contributed by atoms with Crippen LogP contribution in [0, 0.1) is 0 Å². The maximum absolute atomic E-state index is 12.8. The molecule has 0 aromatic carbocycles. The van der Waals surface area contributed by atoms with E-state index in [2.05, 4.69) is 9.97 Å². The second kappa shape index (κ2) is 4.61. The topological polar surface area (TPSA) is 38.9 Å². The molecule has 0 aliphatic heterocycles. The van der Waals surface area contributed by atoms with Crippen LogP contribution in [-0.4, -0.2) is 9.97 Å². The smallest absolute Gasteiger partial charge is 0.283 e. The molecule has 2 aromatic rings. The molecule has 2 aromatic heterocycles. The summed E-state index contributed by atoms with van der Waals surface area (Å²) >= 11 is 0. The Balaban J connectivity index is 2.48. The van der Waals surface area contributed by atoms with Gasteiger partial charge >= 0.3 is 0 Å². The van der Waals surface area contributed by atoms with Crippen LogP contribution in [0.2, 0.25) is 0 Å². The largest absolute Gasteiger partial charge is 0.439 e. The minimum absolute atomic E-state index is 0.135. The van der Waals surface area contributed by atoms with E-state index in [-0.39, 0.29) is 23.3 Å². The van der Waals surface area contributed by atoms with Crippen molar-refractivity contribution < 1.29 is 13.2 Å². The number of rotatable bonds is 3. The zero-order valence-corrected chi connectivity index (χ0v) is 9.52. The van der Waals surface area contributed by atoms with Crippen molar-refractivity contribution in [3.63, 3.8) is 0 Å². The van der Waals surface area contributed by atoms with E-state index in [1.165, 1.54) is 0 Å². The third-order valence-corrected chi connectivity index (χ3v) is 2.30. The van der Waals surface area contributed by atoms with Crippen LogP contribution in [0.25, 0.3) is 11.6 Å². The van der Waals surface area contributed by atoms with E-state index in [0.29, 0.717) is 5.69 Å². The molecule has 17 heavy (non-hydrogen) atoms. The Hall–Kier alpha value is -1.78. The van der Waals surface area contributed by atoms with Crippen LogP contribution in [0.4, 0.5) is 8.78 Å². The first-order valence-corrected chi connectivity index (χ1v) is 5.29. The average Bonchev–Trinajstić information content (AvgIpc) is 2.75. The van der Waals surface area contributed by atoms with Gasteiger partial charge in [0, 0.05) is 12.1 Å². The van der Waals surface area contributed by atoms with E-state index < -0.39 is 6.43 Å². The van der Waals surface area contributed by atoms with E-state index >= 15 is 0 Å². The Labute approximate surface area is 97.5 Å². The number of halogens is 2. The van der Waals surface area contributed by atoms with E-state index in [1.807, 2.05) is 0 Å². The number of pyridine rings is 1. The van der Waals surface area contributed by atoms with Gasteiger partial charge in [-0.15, -0.1) is 0 Å². The average molecular weight is 238 g/mol. The molecule has 0 saturated heterocycles. The molecular weight excluding hydrogens is 226 g/mol. The second-order valence-corrected chi connectivity index (χ2v) is 3.94. The van der Waals surface area contributed by atoms with Crippen LogP contribution in [0.5, 0.6) is 0 Å². The van der Waals surface area contributed by atoms with E-state index in [4.69, 9.17) is 4.42 Å². The SMILES string of the molecule is CC(C)c1oc(-c2ccccn2)nc1C(F)F. The molecule has 0 unspecified atom stereocenters. The molecule has 0 bridgehead atoms. The lowest BCUT2D eigenvalue weighted by Crippen LogP contribution is -1.93. The van der Waals surface area contributed by atoms with Gasteiger partial charge < -0.3 is 4.42 Å². The number of alkyl halides is 2. The Bertz CT molecular complexity index is 469. The van der Waals surface area contributed by atoms with Crippen LogP contribution in [0.15, 0.2) is 28.8 Å². The molecule has 3 nitrogen and oxygen atoms in total. The van der Waals surface area contributed by atoms with Crippen molar-refractivity contribution in [1.29, 1.82) is 0 Å². The van der Waals surface area contributed by atoms with Gasteiger partial charge in [0.25, 0.3) is 6.43 Å². The first-order valence-electron chi connectivity index (χ1n) is 5.29. The minimum Gasteiger partial charge on any atom is -0.439 e. The van der Waals surface area contributed by atoms with Crippen molar-refractivity contribution in [2.45, 2.75) is 26.2 Å². The van der Waals surface area contributed by atoms with Crippen LogP contribution < -0.4 is 0 Å². The number of hydrogen-bond donors (Lipinski definition) is 0. The van der Waals surface area contributed by atoms with Gasteiger partial charge in [0.15, 0.2) is 0 Å². The Morgan fingerprint density at radius 1 is 1.24 bits per heavy atom. The molecule has 0 aliphatic rings. The van der Waals surface area contributed by atoms with E-state index in [1.54, 1.807) is 38.2 Å². The summed E-state index contributed by atoms with van der Waals surface area (Å²) in [4.78, 5) is 7.84. The maximum atomic E-state index is 12.8. The number of hydrogen-bond acceptors (Lipinski definition) is 3. The summed E-state index contributed by atoms with van der Waals surface area (Å²) in [6.07, 6.45) is -1.06. The van der Waals surface area contributed by atoms with Gasteiger partial charge in [-0.25, -0.2) is 13.8 Å². The zero-order chi connectivity index (χ0) is 12.4. The normalized spacial score (nSPS) is 11.4. The highest BCUT2D eigenvalue weighted by molar-refractivity contribution is 5.47. The van der Waals surface area contributed by atoms with Crippen LogP contribution in [0.3, 0.4) is 0 Å². The number of nitrogens with zero attached hydrogens (tertiary/aromatic N) is 2. The lowest BCUT2D eigenvalue weighted by molar-refractivity contribution is 0.143. The molecule has 0 amide bonds. The molecule has 2 rings (SSSR count). The van der Waals surface area contributed by atoms with E-state index in [0.717, 1.165) is 0 Å². The molecule has 0 fully saturated rings. The predicted molar refractivity (Wildman–Crippen MR) is 58.8 cm³/mol. The fourth-order valence-corrected chi connectivity index (χ4v) is 1.51. The zero-order valence-electron chi connectivity index (χ0n) is 9.52. The van der Waals surface area contributed by atoms with Crippen molar-refractivity contribution >= 4 is 0 Å². The molecule has 90 valence electrons. The highest BCUT2D eigenvalue weighted by atomic mass is 19.3. The lowest BCUT2D eigenvalue weighted by Gasteiger charge is -2.01. The fourth-order valence-electron chi connectivity index (χ4n) is 1.51. The standard InChI is InChI=1S/C12H12F2N2O/c1-7(2)10-9(11(13)14)16-12(17-10)8-5-3-4-6-15-8/h3-7,11H,1-2H3. The molecule has 0 atom stereocenters.